The summed E-state index contributed by atoms with van der Waals surface area (Å²) in [5, 5.41) is 3.48. The van der Waals surface area contributed by atoms with Crippen LogP contribution in [0.4, 0.5) is 0 Å². The van der Waals surface area contributed by atoms with Gasteiger partial charge in [-0.15, -0.1) is 0 Å². The Morgan fingerprint density at radius 1 is 1.24 bits per heavy atom. The number of ether oxygens (including phenoxy) is 1. The summed E-state index contributed by atoms with van der Waals surface area (Å²) in [6.07, 6.45) is 5.57. The molecule has 1 aromatic carbocycles. The Labute approximate surface area is 128 Å². The average molecular weight is 288 g/mol. The van der Waals surface area contributed by atoms with Crippen molar-refractivity contribution in [1.29, 1.82) is 0 Å². The van der Waals surface area contributed by atoms with Crippen LogP contribution in [0.15, 0.2) is 24.3 Å². The molecule has 2 aliphatic rings. The van der Waals surface area contributed by atoms with Crippen molar-refractivity contribution in [3.63, 3.8) is 0 Å². The molecule has 3 nitrogen and oxygen atoms in total. The van der Waals surface area contributed by atoms with Gasteiger partial charge in [-0.1, -0.05) is 25.0 Å². The van der Waals surface area contributed by atoms with Crippen LogP contribution >= 0.6 is 0 Å². The lowest BCUT2D eigenvalue weighted by Gasteiger charge is -2.38. The number of benzene rings is 1. The molecule has 0 unspecified atom stereocenters. The Bertz CT molecular complexity index is 437. The van der Waals surface area contributed by atoms with E-state index < -0.39 is 0 Å². The van der Waals surface area contributed by atoms with E-state index in [2.05, 4.69) is 41.4 Å². The zero-order valence-corrected chi connectivity index (χ0v) is 13.2. The molecule has 1 heterocycles. The predicted molar refractivity (Wildman–Crippen MR) is 86.8 cm³/mol. The molecule has 0 radical (unpaired) electrons. The Morgan fingerprint density at radius 2 is 2.00 bits per heavy atom. The van der Waals surface area contributed by atoms with Crippen molar-refractivity contribution in [3.05, 3.63) is 29.8 Å². The molecule has 0 bridgehead atoms. The fraction of sp³-hybridized carbons (Fsp3) is 0.667. The zero-order valence-electron chi connectivity index (χ0n) is 13.2. The van der Waals surface area contributed by atoms with Crippen LogP contribution in [0.1, 0.15) is 44.2 Å². The number of piperazine rings is 1. The maximum Gasteiger partial charge on any atom is 0.119 e. The van der Waals surface area contributed by atoms with Crippen LogP contribution in [-0.4, -0.2) is 37.7 Å². The molecule has 21 heavy (non-hydrogen) atoms. The molecule has 3 heteroatoms. The van der Waals surface area contributed by atoms with E-state index in [1.807, 2.05) is 0 Å². The molecule has 0 aromatic heterocycles. The van der Waals surface area contributed by atoms with Crippen molar-refractivity contribution in [2.45, 2.75) is 38.6 Å². The highest BCUT2D eigenvalue weighted by Gasteiger charge is 2.31. The van der Waals surface area contributed by atoms with Gasteiger partial charge in [0.1, 0.15) is 5.75 Å². The van der Waals surface area contributed by atoms with Gasteiger partial charge in [0.15, 0.2) is 0 Å². The monoisotopic (exact) mass is 288 g/mol. The van der Waals surface area contributed by atoms with E-state index in [1.54, 1.807) is 0 Å². The first-order valence-corrected chi connectivity index (χ1v) is 8.56. The van der Waals surface area contributed by atoms with E-state index in [0.29, 0.717) is 6.04 Å². The van der Waals surface area contributed by atoms with Gasteiger partial charge in [-0.3, -0.25) is 4.90 Å². The van der Waals surface area contributed by atoms with Crippen molar-refractivity contribution in [1.82, 2.24) is 10.2 Å². The van der Waals surface area contributed by atoms with Crippen molar-refractivity contribution < 1.29 is 4.74 Å². The first-order chi connectivity index (χ1) is 10.4. The van der Waals surface area contributed by atoms with Gasteiger partial charge in [0.2, 0.25) is 0 Å². The highest BCUT2D eigenvalue weighted by molar-refractivity contribution is 5.31. The summed E-state index contributed by atoms with van der Waals surface area (Å²) >= 11 is 0. The second kappa shape index (κ2) is 7.28. The van der Waals surface area contributed by atoms with E-state index in [4.69, 9.17) is 4.74 Å². The predicted octanol–water partition coefficient (Wildman–Crippen LogP) is 3.22. The normalized spacial score (nSPS) is 22.3. The molecule has 116 valence electrons. The van der Waals surface area contributed by atoms with Gasteiger partial charge in [0, 0.05) is 32.2 Å². The van der Waals surface area contributed by atoms with Gasteiger partial charge < -0.3 is 10.1 Å². The Kier molecular flexibility index (Phi) is 5.15. The van der Waals surface area contributed by atoms with Crippen LogP contribution in [0.2, 0.25) is 0 Å². The minimum absolute atomic E-state index is 0.579. The van der Waals surface area contributed by atoms with Gasteiger partial charge >= 0.3 is 0 Å². The molecular formula is C18H28N2O. The first-order valence-electron chi connectivity index (χ1n) is 8.56. The van der Waals surface area contributed by atoms with Crippen LogP contribution in [0.3, 0.4) is 0 Å². The summed E-state index contributed by atoms with van der Waals surface area (Å²) in [5.41, 5.74) is 1.45. The van der Waals surface area contributed by atoms with Crippen LogP contribution < -0.4 is 10.1 Å². The summed E-state index contributed by atoms with van der Waals surface area (Å²) in [6, 6.07) is 9.39. The van der Waals surface area contributed by atoms with Crippen molar-refractivity contribution >= 4 is 0 Å². The molecule has 1 aliphatic carbocycles. The fourth-order valence-electron chi connectivity index (χ4n) is 3.97. The number of rotatable bonds is 5. The van der Waals surface area contributed by atoms with Gasteiger partial charge in [0.05, 0.1) is 6.61 Å². The van der Waals surface area contributed by atoms with Crippen LogP contribution in [0, 0.1) is 5.92 Å². The third-order valence-corrected chi connectivity index (χ3v) is 4.90. The molecule has 1 saturated carbocycles. The smallest absolute Gasteiger partial charge is 0.119 e. The summed E-state index contributed by atoms with van der Waals surface area (Å²) in [7, 11) is 0. The van der Waals surface area contributed by atoms with E-state index in [9.17, 15) is 0 Å². The Balaban J connectivity index is 1.84. The van der Waals surface area contributed by atoms with Crippen molar-refractivity contribution in [3.8, 4) is 5.75 Å². The second-order valence-electron chi connectivity index (χ2n) is 6.28. The van der Waals surface area contributed by atoms with Crippen LogP contribution in [0.5, 0.6) is 5.75 Å². The average Bonchev–Trinajstić information content (AvgIpc) is 3.03. The largest absolute Gasteiger partial charge is 0.494 e. The molecule has 1 saturated heterocycles. The van der Waals surface area contributed by atoms with E-state index in [1.165, 1.54) is 44.3 Å². The molecular weight excluding hydrogens is 260 g/mol. The van der Waals surface area contributed by atoms with E-state index in [0.717, 1.165) is 31.4 Å². The number of hydrogen-bond donors (Lipinski definition) is 1. The number of hydrogen-bond acceptors (Lipinski definition) is 3. The lowest BCUT2D eigenvalue weighted by Crippen LogP contribution is -2.46. The molecule has 2 fully saturated rings. The zero-order chi connectivity index (χ0) is 14.5. The van der Waals surface area contributed by atoms with Crippen LogP contribution in [0.25, 0.3) is 0 Å². The second-order valence-corrected chi connectivity index (χ2v) is 6.28. The third-order valence-electron chi connectivity index (χ3n) is 4.90. The molecule has 1 atom stereocenters. The topological polar surface area (TPSA) is 24.5 Å². The fourth-order valence-corrected chi connectivity index (χ4v) is 3.97. The molecule has 1 aromatic rings. The highest BCUT2D eigenvalue weighted by Crippen LogP contribution is 2.40. The summed E-state index contributed by atoms with van der Waals surface area (Å²) in [4.78, 5) is 2.69. The van der Waals surface area contributed by atoms with Gasteiger partial charge in [-0.05, 0) is 43.4 Å². The lowest BCUT2D eigenvalue weighted by molar-refractivity contribution is 0.125. The first kappa shape index (κ1) is 14.9. The molecule has 0 amide bonds. The summed E-state index contributed by atoms with van der Waals surface area (Å²) < 4.78 is 5.72. The quantitative estimate of drug-likeness (QED) is 0.900. The number of nitrogens with one attached hydrogen (secondary N) is 1. The molecule has 3 rings (SSSR count). The van der Waals surface area contributed by atoms with Crippen molar-refractivity contribution in [2.75, 3.05) is 32.8 Å². The SMILES string of the molecule is CCOc1cccc([C@@H](C2CCCC2)N2CCNCC2)c1. The number of nitrogens with zero attached hydrogens (tertiary/aromatic N) is 1. The lowest BCUT2D eigenvalue weighted by atomic mass is 9.89. The minimum Gasteiger partial charge on any atom is -0.494 e. The van der Waals surface area contributed by atoms with Gasteiger partial charge in [-0.2, -0.15) is 0 Å². The van der Waals surface area contributed by atoms with Crippen molar-refractivity contribution in [2.24, 2.45) is 5.92 Å². The Morgan fingerprint density at radius 3 is 2.71 bits per heavy atom. The summed E-state index contributed by atoms with van der Waals surface area (Å²) in [6.45, 7) is 7.37. The van der Waals surface area contributed by atoms with E-state index in [-0.39, 0.29) is 0 Å². The molecule has 0 spiro atoms. The third kappa shape index (κ3) is 3.58. The standard InChI is InChI=1S/C18H28N2O/c1-2-21-17-9-5-8-16(14-17)18(15-6-3-4-7-15)20-12-10-19-11-13-20/h5,8-9,14-15,18-19H,2-4,6-7,10-13H2,1H3/t18-/m1/s1. The maximum atomic E-state index is 5.72. The van der Waals surface area contributed by atoms with Crippen LogP contribution in [-0.2, 0) is 0 Å². The minimum atomic E-state index is 0.579. The molecule has 1 N–H and O–H groups in total. The summed E-state index contributed by atoms with van der Waals surface area (Å²) in [5.74, 6) is 1.84. The maximum absolute atomic E-state index is 5.72. The Hall–Kier alpha value is -1.06. The van der Waals surface area contributed by atoms with E-state index >= 15 is 0 Å². The van der Waals surface area contributed by atoms with Gasteiger partial charge in [-0.25, -0.2) is 0 Å². The van der Waals surface area contributed by atoms with Gasteiger partial charge in [0.25, 0.3) is 0 Å². The molecule has 1 aliphatic heterocycles. The highest BCUT2D eigenvalue weighted by atomic mass is 16.5.